The highest BCUT2D eigenvalue weighted by molar-refractivity contribution is 9.10. The van der Waals surface area contributed by atoms with Crippen LogP contribution >= 0.6 is 15.9 Å². The van der Waals surface area contributed by atoms with Gasteiger partial charge in [0.15, 0.2) is 0 Å². The van der Waals surface area contributed by atoms with Crippen LogP contribution in [-0.4, -0.2) is 11.5 Å². The molecule has 0 unspecified atom stereocenters. The first-order valence-corrected chi connectivity index (χ1v) is 4.74. The van der Waals surface area contributed by atoms with E-state index in [2.05, 4.69) is 15.9 Å². The van der Waals surface area contributed by atoms with E-state index < -0.39 is 4.92 Å². The Morgan fingerprint density at radius 3 is 2.79 bits per heavy atom. The van der Waals surface area contributed by atoms with Crippen molar-refractivity contribution >= 4 is 27.7 Å². The molecular formula is C9H9BrN2O2. The minimum absolute atomic E-state index is 0.0658. The predicted molar refractivity (Wildman–Crippen MR) is 58.9 cm³/mol. The summed E-state index contributed by atoms with van der Waals surface area (Å²) in [6, 6.07) is 4.75. The Morgan fingerprint density at radius 2 is 2.21 bits per heavy atom. The molecule has 1 aromatic rings. The summed E-state index contributed by atoms with van der Waals surface area (Å²) >= 11 is 3.20. The summed E-state index contributed by atoms with van der Waals surface area (Å²) in [7, 11) is 0. The highest BCUT2D eigenvalue weighted by atomic mass is 79.9. The second-order valence-electron chi connectivity index (χ2n) is 2.64. The Kier molecular flexibility index (Phi) is 3.79. The molecule has 0 aliphatic carbocycles. The Bertz CT molecular complexity index is 377. The second-order valence-corrected chi connectivity index (χ2v) is 3.55. The number of nitrogens with zero attached hydrogens (tertiary/aromatic N) is 1. The van der Waals surface area contributed by atoms with Crippen LogP contribution in [0.5, 0.6) is 0 Å². The van der Waals surface area contributed by atoms with E-state index in [4.69, 9.17) is 5.73 Å². The summed E-state index contributed by atoms with van der Waals surface area (Å²) < 4.78 is 0.684. The van der Waals surface area contributed by atoms with Gasteiger partial charge in [-0.3, -0.25) is 10.1 Å². The molecule has 0 aromatic heterocycles. The molecule has 0 aliphatic rings. The highest BCUT2D eigenvalue weighted by Gasteiger charge is 2.06. The molecule has 4 nitrogen and oxygen atoms in total. The molecule has 0 atom stereocenters. The molecule has 0 radical (unpaired) electrons. The summed E-state index contributed by atoms with van der Waals surface area (Å²) in [6.45, 7) is 0.417. The van der Waals surface area contributed by atoms with Crippen LogP contribution in [0.1, 0.15) is 5.56 Å². The standard InChI is InChI=1S/C9H9BrN2O2/c10-8-4-7(2-1-3-11)5-9(6-8)12(13)14/h1-2,4-6H,3,11H2/b2-1+. The summed E-state index contributed by atoms with van der Waals surface area (Å²) in [6.07, 6.45) is 3.49. The molecule has 0 spiro atoms. The number of halogens is 1. The summed E-state index contributed by atoms with van der Waals surface area (Å²) in [5, 5.41) is 10.5. The average Bonchev–Trinajstić information content (AvgIpc) is 2.14. The summed E-state index contributed by atoms with van der Waals surface area (Å²) in [5.74, 6) is 0. The number of benzene rings is 1. The van der Waals surface area contributed by atoms with Crippen LogP contribution in [0.25, 0.3) is 6.08 Å². The summed E-state index contributed by atoms with van der Waals surface area (Å²) in [4.78, 5) is 10.1. The minimum Gasteiger partial charge on any atom is -0.327 e. The lowest BCUT2D eigenvalue weighted by Crippen LogP contribution is -1.92. The van der Waals surface area contributed by atoms with Crippen molar-refractivity contribution in [1.29, 1.82) is 0 Å². The third-order valence-corrected chi connectivity index (χ3v) is 2.02. The SMILES string of the molecule is NC/C=C/c1cc(Br)cc([N+](=O)[O-])c1. The van der Waals surface area contributed by atoms with Gasteiger partial charge < -0.3 is 5.73 Å². The smallest absolute Gasteiger partial charge is 0.271 e. The Hall–Kier alpha value is -1.20. The van der Waals surface area contributed by atoms with Gasteiger partial charge in [0.2, 0.25) is 0 Å². The molecule has 1 aromatic carbocycles. The largest absolute Gasteiger partial charge is 0.327 e. The van der Waals surface area contributed by atoms with Gasteiger partial charge in [0.05, 0.1) is 4.92 Å². The molecule has 0 fully saturated rings. The number of non-ortho nitro benzene ring substituents is 1. The van der Waals surface area contributed by atoms with Gasteiger partial charge in [-0.1, -0.05) is 28.1 Å². The van der Waals surface area contributed by atoms with Gasteiger partial charge in [0, 0.05) is 23.2 Å². The molecule has 0 heterocycles. The van der Waals surface area contributed by atoms with Crippen LogP contribution in [0.3, 0.4) is 0 Å². The van der Waals surface area contributed by atoms with E-state index >= 15 is 0 Å². The van der Waals surface area contributed by atoms with Crippen molar-refractivity contribution in [2.75, 3.05) is 6.54 Å². The highest BCUT2D eigenvalue weighted by Crippen LogP contribution is 2.21. The number of hydrogen-bond acceptors (Lipinski definition) is 3. The van der Waals surface area contributed by atoms with Gasteiger partial charge >= 0.3 is 0 Å². The molecule has 0 saturated heterocycles. The molecule has 74 valence electrons. The molecule has 0 saturated carbocycles. The predicted octanol–water partition coefficient (Wildman–Crippen LogP) is 2.33. The van der Waals surface area contributed by atoms with E-state index in [-0.39, 0.29) is 5.69 Å². The first-order valence-electron chi connectivity index (χ1n) is 3.95. The maximum atomic E-state index is 10.5. The van der Waals surface area contributed by atoms with Gasteiger partial charge in [-0.05, 0) is 11.6 Å². The number of nitro groups is 1. The maximum Gasteiger partial charge on any atom is 0.271 e. The zero-order valence-electron chi connectivity index (χ0n) is 7.31. The van der Waals surface area contributed by atoms with Crippen LogP contribution in [0.4, 0.5) is 5.69 Å². The summed E-state index contributed by atoms with van der Waals surface area (Å²) in [5.41, 5.74) is 6.11. The maximum absolute atomic E-state index is 10.5. The number of nitrogens with two attached hydrogens (primary N) is 1. The topological polar surface area (TPSA) is 69.2 Å². The molecule has 5 heteroatoms. The van der Waals surface area contributed by atoms with Crippen molar-refractivity contribution in [3.05, 3.63) is 44.4 Å². The molecule has 0 amide bonds. The lowest BCUT2D eigenvalue weighted by Gasteiger charge is -1.96. The van der Waals surface area contributed by atoms with Crippen molar-refractivity contribution in [2.24, 2.45) is 5.73 Å². The fraction of sp³-hybridized carbons (Fsp3) is 0.111. The van der Waals surface area contributed by atoms with E-state index in [1.54, 1.807) is 18.2 Å². The normalized spacial score (nSPS) is 10.7. The molecule has 0 aliphatic heterocycles. The van der Waals surface area contributed by atoms with Crippen molar-refractivity contribution in [3.63, 3.8) is 0 Å². The van der Waals surface area contributed by atoms with Crippen molar-refractivity contribution in [2.45, 2.75) is 0 Å². The zero-order chi connectivity index (χ0) is 10.6. The second kappa shape index (κ2) is 4.88. The third kappa shape index (κ3) is 2.93. The van der Waals surface area contributed by atoms with Crippen LogP contribution in [0.15, 0.2) is 28.7 Å². The lowest BCUT2D eigenvalue weighted by atomic mass is 10.2. The Balaban J connectivity index is 3.07. The first kappa shape index (κ1) is 10.9. The quantitative estimate of drug-likeness (QED) is 0.667. The number of rotatable bonds is 3. The fourth-order valence-electron chi connectivity index (χ4n) is 1.00. The fourth-order valence-corrected chi connectivity index (χ4v) is 1.50. The lowest BCUT2D eigenvalue weighted by molar-refractivity contribution is -0.384. The third-order valence-electron chi connectivity index (χ3n) is 1.56. The van der Waals surface area contributed by atoms with Crippen molar-refractivity contribution in [3.8, 4) is 0 Å². The number of hydrogen-bond donors (Lipinski definition) is 1. The molecule has 14 heavy (non-hydrogen) atoms. The Labute approximate surface area is 89.7 Å². The van der Waals surface area contributed by atoms with Gasteiger partial charge in [0.25, 0.3) is 5.69 Å². The van der Waals surface area contributed by atoms with E-state index in [1.807, 2.05) is 0 Å². The molecule has 0 bridgehead atoms. The van der Waals surface area contributed by atoms with Gasteiger partial charge in [-0.2, -0.15) is 0 Å². The van der Waals surface area contributed by atoms with E-state index in [9.17, 15) is 10.1 Å². The van der Waals surface area contributed by atoms with Crippen molar-refractivity contribution < 1.29 is 4.92 Å². The average molecular weight is 257 g/mol. The molecule has 1 rings (SSSR count). The van der Waals surface area contributed by atoms with Crippen LogP contribution in [0.2, 0.25) is 0 Å². The molecular weight excluding hydrogens is 248 g/mol. The van der Waals surface area contributed by atoms with Crippen LogP contribution in [-0.2, 0) is 0 Å². The zero-order valence-corrected chi connectivity index (χ0v) is 8.90. The van der Waals surface area contributed by atoms with Crippen LogP contribution in [0, 0.1) is 10.1 Å². The molecule has 2 N–H and O–H groups in total. The van der Waals surface area contributed by atoms with E-state index in [1.165, 1.54) is 12.1 Å². The minimum atomic E-state index is -0.426. The van der Waals surface area contributed by atoms with Gasteiger partial charge in [0.1, 0.15) is 0 Å². The first-order chi connectivity index (χ1) is 6.63. The van der Waals surface area contributed by atoms with Crippen molar-refractivity contribution in [1.82, 2.24) is 0 Å². The Morgan fingerprint density at radius 1 is 1.50 bits per heavy atom. The number of nitro benzene ring substituents is 1. The van der Waals surface area contributed by atoms with Gasteiger partial charge in [-0.15, -0.1) is 0 Å². The van der Waals surface area contributed by atoms with Gasteiger partial charge in [-0.25, -0.2) is 0 Å². The van der Waals surface area contributed by atoms with E-state index in [0.29, 0.717) is 11.0 Å². The monoisotopic (exact) mass is 256 g/mol. The van der Waals surface area contributed by atoms with Crippen LogP contribution < -0.4 is 5.73 Å². The van der Waals surface area contributed by atoms with E-state index in [0.717, 1.165) is 5.56 Å².